The van der Waals surface area contributed by atoms with Gasteiger partial charge in [-0.15, -0.1) is 0 Å². The lowest BCUT2D eigenvalue weighted by atomic mass is 9.85. The zero-order valence-corrected chi connectivity index (χ0v) is 18.2. The van der Waals surface area contributed by atoms with E-state index < -0.39 is 23.0 Å². The zero-order valence-electron chi connectivity index (χ0n) is 18.2. The molecule has 0 aliphatic carbocycles. The van der Waals surface area contributed by atoms with Crippen molar-refractivity contribution in [1.29, 1.82) is 0 Å². The van der Waals surface area contributed by atoms with E-state index in [2.05, 4.69) is 10.9 Å². The van der Waals surface area contributed by atoms with E-state index in [9.17, 15) is 19.7 Å². The van der Waals surface area contributed by atoms with Gasteiger partial charge in [-0.1, -0.05) is 12.1 Å². The fourth-order valence-corrected chi connectivity index (χ4v) is 4.77. The first kappa shape index (κ1) is 21.8. The Morgan fingerprint density at radius 3 is 2.41 bits per heavy atom. The van der Waals surface area contributed by atoms with Crippen molar-refractivity contribution in [1.82, 2.24) is 10.9 Å². The van der Waals surface area contributed by atoms with E-state index in [0.717, 1.165) is 5.56 Å². The number of carbonyl (C=O) groups excluding carboxylic acids is 2. The number of nitro groups is 1. The van der Waals surface area contributed by atoms with Crippen LogP contribution in [0.15, 0.2) is 71.3 Å². The predicted molar refractivity (Wildman–Crippen MR) is 121 cm³/mol. The van der Waals surface area contributed by atoms with Crippen LogP contribution in [-0.2, 0) is 9.53 Å². The molecule has 4 unspecified atom stereocenters. The second-order valence-corrected chi connectivity index (χ2v) is 8.11. The number of rotatable bonds is 6. The van der Waals surface area contributed by atoms with Gasteiger partial charge in [-0.25, -0.2) is 15.6 Å². The molecule has 0 radical (unpaired) electrons. The third kappa shape index (κ3) is 3.62. The van der Waals surface area contributed by atoms with Gasteiger partial charge in [0, 0.05) is 23.7 Å². The monoisotopic (exact) mass is 462 g/mol. The number of non-ortho nitro benzene ring substituents is 1. The number of nitrogens with one attached hydrogen (secondary N) is 2. The second kappa shape index (κ2) is 8.73. The summed E-state index contributed by atoms with van der Waals surface area (Å²) in [5.41, 5.74) is 7.99. The third-order valence-electron chi connectivity index (χ3n) is 6.26. The SMILES string of the molecule is CCOC(=O)c1ccc(N2C(=O)C3NNC(c4ccco4)C3C2c2ccc([N+](=O)[O-])cc2)cc1. The van der Waals surface area contributed by atoms with Crippen LogP contribution in [0.25, 0.3) is 0 Å². The van der Waals surface area contributed by atoms with Crippen molar-refractivity contribution >= 4 is 23.3 Å². The molecule has 2 fully saturated rings. The highest BCUT2D eigenvalue weighted by Crippen LogP contribution is 2.49. The predicted octanol–water partition coefficient (Wildman–Crippen LogP) is 3.29. The number of benzene rings is 2. The molecule has 0 bridgehead atoms. The van der Waals surface area contributed by atoms with Gasteiger partial charge in [0.2, 0.25) is 5.91 Å². The van der Waals surface area contributed by atoms with Crippen molar-refractivity contribution in [2.24, 2.45) is 5.92 Å². The van der Waals surface area contributed by atoms with Gasteiger partial charge in [0.1, 0.15) is 11.8 Å². The average molecular weight is 462 g/mol. The van der Waals surface area contributed by atoms with Crippen LogP contribution < -0.4 is 15.8 Å². The fraction of sp³-hybridized carbons (Fsp3) is 0.250. The van der Waals surface area contributed by atoms with Gasteiger partial charge in [0.25, 0.3) is 5.69 Å². The minimum absolute atomic E-state index is 0.0276. The number of carbonyl (C=O) groups is 2. The minimum Gasteiger partial charge on any atom is -0.468 e. The Bertz CT molecular complexity index is 1210. The van der Waals surface area contributed by atoms with Crippen molar-refractivity contribution in [2.75, 3.05) is 11.5 Å². The number of hydrazine groups is 1. The Balaban J connectivity index is 1.56. The number of nitro benzene ring substituents is 1. The molecule has 2 aliphatic heterocycles. The smallest absolute Gasteiger partial charge is 0.338 e. The highest BCUT2D eigenvalue weighted by Gasteiger charge is 2.56. The fourth-order valence-electron chi connectivity index (χ4n) is 4.77. The van der Waals surface area contributed by atoms with Crippen molar-refractivity contribution in [3.63, 3.8) is 0 Å². The molecule has 1 aromatic heterocycles. The summed E-state index contributed by atoms with van der Waals surface area (Å²) in [6.45, 7) is 2.00. The Morgan fingerprint density at radius 2 is 1.79 bits per heavy atom. The van der Waals surface area contributed by atoms with Crippen molar-refractivity contribution in [3.8, 4) is 0 Å². The first-order valence-corrected chi connectivity index (χ1v) is 10.9. The van der Waals surface area contributed by atoms with Gasteiger partial charge in [-0.05, 0) is 48.9 Å². The summed E-state index contributed by atoms with van der Waals surface area (Å²) in [6.07, 6.45) is 1.58. The van der Waals surface area contributed by atoms with E-state index in [1.54, 1.807) is 60.6 Å². The maximum atomic E-state index is 13.6. The Kier molecular flexibility index (Phi) is 5.60. The van der Waals surface area contributed by atoms with Crippen LogP contribution in [-0.4, -0.2) is 29.4 Å². The highest BCUT2D eigenvalue weighted by molar-refractivity contribution is 6.02. The molecule has 174 valence electrons. The molecule has 10 nitrogen and oxygen atoms in total. The van der Waals surface area contributed by atoms with E-state index >= 15 is 0 Å². The van der Waals surface area contributed by atoms with Gasteiger partial charge in [-0.2, -0.15) is 0 Å². The van der Waals surface area contributed by atoms with Crippen LogP contribution in [0, 0.1) is 16.0 Å². The number of esters is 1. The normalized spacial score (nSPS) is 23.7. The molecule has 5 rings (SSSR count). The lowest BCUT2D eigenvalue weighted by Crippen LogP contribution is -2.41. The lowest BCUT2D eigenvalue weighted by molar-refractivity contribution is -0.384. The standard InChI is InChI=1S/C24H22N4O6/c1-2-33-24(30)15-7-9-16(10-8-15)27-22(14-5-11-17(12-6-14)28(31)32)19-20(18-4-3-13-34-18)25-26-21(19)23(27)29/h3-13,19-22,25-26H,2H2,1H3. The second-order valence-electron chi connectivity index (χ2n) is 8.11. The van der Waals surface area contributed by atoms with Crippen molar-refractivity contribution in [2.45, 2.75) is 25.0 Å². The number of nitrogens with zero attached hydrogens (tertiary/aromatic N) is 2. The summed E-state index contributed by atoms with van der Waals surface area (Å²) < 4.78 is 10.7. The van der Waals surface area contributed by atoms with Crippen LogP contribution in [0.1, 0.15) is 40.7 Å². The Morgan fingerprint density at radius 1 is 1.09 bits per heavy atom. The number of fused-ring (bicyclic) bond motifs is 1. The molecule has 2 N–H and O–H groups in total. The van der Waals surface area contributed by atoms with Gasteiger partial charge in [0.15, 0.2) is 0 Å². The zero-order chi connectivity index (χ0) is 23.8. The van der Waals surface area contributed by atoms with E-state index in [0.29, 0.717) is 17.0 Å². The minimum atomic E-state index is -0.542. The number of hydrogen-bond donors (Lipinski definition) is 2. The molecular formula is C24H22N4O6. The topological polar surface area (TPSA) is 127 Å². The Hall–Kier alpha value is -4.02. The van der Waals surface area contributed by atoms with Crippen LogP contribution in [0.2, 0.25) is 0 Å². The molecule has 3 aromatic rings. The maximum Gasteiger partial charge on any atom is 0.338 e. The van der Waals surface area contributed by atoms with E-state index in [-0.39, 0.29) is 30.2 Å². The first-order chi connectivity index (χ1) is 16.5. The summed E-state index contributed by atoms with van der Waals surface area (Å²) in [5, 5.41) is 11.2. The summed E-state index contributed by atoms with van der Waals surface area (Å²) in [4.78, 5) is 38.0. The molecule has 2 aliphatic rings. The summed E-state index contributed by atoms with van der Waals surface area (Å²) in [7, 11) is 0. The van der Waals surface area contributed by atoms with Crippen LogP contribution in [0.4, 0.5) is 11.4 Å². The van der Waals surface area contributed by atoms with Gasteiger partial charge < -0.3 is 14.1 Å². The van der Waals surface area contributed by atoms with Gasteiger partial charge in [0.05, 0.1) is 35.4 Å². The molecule has 0 spiro atoms. The van der Waals surface area contributed by atoms with E-state index in [1.165, 1.54) is 12.1 Å². The maximum absolute atomic E-state index is 13.6. The molecule has 3 heterocycles. The highest BCUT2D eigenvalue weighted by atomic mass is 16.6. The van der Waals surface area contributed by atoms with E-state index in [1.807, 2.05) is 6.07 Å². The van der Waals surface area contributed by atoms with Gasteiger partial charge >= 0.3 is 5.97 Å². The molecule has 34 heavy (non-hydrogen) atoms. The lowest BCUT2D eigenvalue weighted by Gasteiger charge is -2.30. The number of anilines is 1. The molecular weight excluding hydrogens is 440 g/mol. The van der Waals surface area contributed by atoms with Crippen LogP contribution >= 0.6 is 0 Å². The van der Waals surface area contributed by atoms with Crippen LogP contribution in [0.3, 0.4) is 0 Å². The first-order valence-electron chi connectivity index (χ1n) is 10.9. The molecule has 2 aromatic carbocycles. The number of hydrogen-bond acceptors (Lipinski definition) is 8. The van der Waals surface area contributed by atoms with Crippen molar-refractivity contribution < 1.29 is 23.7 Å². The quantitative estimate of drug-likeness (QED) is 0.325. The third-order valence-corrected chi connectivity index (χ3v) is 6.26. The summed E-state index contributed by atoms with van der Waals surface area (Å²) >= 11 is 0. The van der Waals surface area contributed by atoms with E-state index in [4.69, 9.17) is 9.15 Å². The average Bonchev–Trinajstić information content (AvgIpc) is 3.57. The molecule has 2 saturated heterocycles. The summed E-state index contributed by atoms with van der Waals surface area (Å²) in [6, 6.07) is 15.2. The number of furan rings is 1. The number of ether oxygens (including phenoxy) is 1. The summed E-state index contributed by atoms with van der Waals surface area (Å²) in [5.74, 6) is -0.169. The molecule has 0 saturated carbocycles. The van der Waals surface area contributed by atoms with Crippen molar-refractivity contribution in [3.05, 3.63) is 93.9 Å². The molecule has 1 amide bonds. The van der Waals surface area contributed by atoms with Gasteiger partial charge in [-0.3, -0.25) is 14.9 Å². The Labute approximate surface area is 194 Å². The van der Waals surface area contributed by atoms with Crippen LogP contribution in [0.5, 0.6) is 0 Å². The molecule has 10 heteroatoms. The number of amides is 1. The molecule has 4 atom stereocenters. The largest absolute Gasteiger partial charge is 0.468 e.